The van der Waals surface area contributed by atoms with E-state index in [-0.39, 0.29) is 11.2 Å². The van der Waals surface area contributed by atoms with Crippen LogP contribution in [-0.2, 0) is 6.54 Å². The van der Waals surface area contributed by atoms with E-state index in [2.05, 4.69) is 0 Å². The van der Waals surface area contributed by atoms with E-state index in [1.54, 1.807) is 24.9 Å². The molecule has 0 aliphatic heterocycles. The Morgan fingerprint density at radius 2 is 1.80 bits per heavy atom. The van der Waals surface area contributed by atoms with E-state index in [0.717, 1.165) is 11.3 Å². The Labute approximate surface area is 117 Å². The average Bonchev–Trinajstić information content (AvgIpc) is 2.49. The highest BCUT2D eigenvalue weighted by Crippen LogP contribution is 2.32. The fraction of sp³-hybridized carbons (Fsp3) is 0.267. The van der Waals surface area contributed by atoms with Crippen molar-refractivity contribution in [1.29, 1.82) is 0 Å². The normalized spacial score (nSPS) is 10.3. The van der Waals surface area contributed by atoms with Gasteiger partial charge in [-0.3, -0.25) is 4.79 Å². The highest BCUT2D eigenvalue weighted by atomic mass is 16.5. The van der Waals surface area contributed by atoms with Crippen molar-refractivity contribution in [3.8, 4) is 22.8 Å². The van der Waals surface area contributed by atoms with Gasteiger partial charge in [0.05, 0.1) is 25.6 Å². The summed E-state index contributed by atoms with van der Waals surface area (Å²) in [6, 6.07) is 9.01. The summed E-state index contributed by atoms with van der Waals surface area (Å²) in [5.41, 5.74) is 7.41. The lowest BCUT2D eigenvalue weighted by molar-refractivity contribution is 0.355. The molecule has 2 aromatic rings. The van der Waals surface area contributed by atoms with Gasteiger partial charge in [0.15, 0.2) is 11.5 Å². The summed E-state index contributed by atoms with van der Waals surface area (Å²) < 4.78 is 12.1. The zero-order valence-electron chi connectivity index (χ0n) is 11.8. The molecule has 0 amide bonds. The molecule has 0 aliphatic rings. The Bertz CT molecular complexity index is 677. The van der Waals surface area contributed by atoms with Crippen molar-refractivity contribution in [3.05, 3.63) is 40.7 Å². The second-order valence-corrected chi connectivity index (χ2v) is 4.29. The first-order valence-corrected chi connectivity index (χ1v) is 6.34. The van der Waals surface area contributed by atoms with E-state index in [1.165, 1.54) is 0 Å². The molecular weight excluding hydrogens is 256 g/mol. The number of benzene rings is 1. The van der Waals surface area contributed by atoms with E-state index in [9.17, 15) is 4.79 Å². The second-order valence-electron chi connectivity index (χ2n) is 4.29. The van der Waals surface area contributed by atoms with Crippen molar-refractivity contribution in [2.45, 2.75) is 13.5 Å². The van der Waals surface area contributed by atoms with Gasteiger partial charge in [-0.25, -0.2) is 0 Å². The SMILES string of the molecule is CCn1c(-c2ccc(OC)c(OC)c2)ccc(N)c1=O. The van der Waals surface area contributed by atoms with Crippen molar-refractivity contribution in [1.82, 2.24) is 4.57 Å². The predicted molar refractivity (Wildman–Crippen MR) is 79.3 cm³/mol. The lowest BCUT2D eigenvalue weighted by Crippen LogP contribution is -2.23. The summed E-state index contributed by atoms with van der Waals surface area (Å²) in [5.74, 6) is 1.27. The molecule has 0 radical (unpaired) electrons. The van der Waals surface area contributed by atoms with Crippen LogP contribution in [-0.4, -0.2) is 18.8 Å². The molecule has 0 fully saturated rings. The first kappa shape index (κ1) is 14.0. The molecule has 0 saturated carbocycles. The smallest absolute Gasteiger partial charge is 0.274 e. The summed E-state index contributed by atoms with van der Waals surface area (Å²) in [6.07, 6.45) is 0. The third-order valence-electron chi connectivity index (χ3n) is 3.20. The van der Waals surface area contributed by atoms with Crippen LogP contribution in [0, 0.1) is 0 Å². The Kier molecular flexibility index (Phi) is 3.98. The Balaban J connectivity index is 2.63. The van der Waals surface area contributed by atoms with Crippen molar-refractivity contribution >= 4 is 5.69 Å². The molecule has 0 bridgehead atoms. The van der Waals surface area contributed by atoms with E-state index >= 15 is 0 Å². The number of nitrogen functional groups attached to an aromatic ring is 1. The fourth-order valence-electron chi connectivity index (χ4n) is 2.16. The van der Waals surface area contributed by atoms with Gasteiger partial charge < -0.3 is 19.8 Å². The average molecular weight is 274 g/mol. The summed E-state index contributed by atoms with van der Waals surface area (Å²) >= 11 is 0. The summed E-state index contributed by atoms with van der Waals surface area (Å²) in [5, 5.41) is 0. The van der Waals surface area contributed by atoms with Crippen LogP contribution in [0.4, 0.5) is 5.69 Å². The predicted octanol–water partition coefficient (Wildman–Crippen LogP) is 2.13. The standard InChI is InChI=1S/C15H18N2O3/c1-4-17-12(7-6-11(16)15(17)18)10-5-8-13(19-2)14(9-10)20-3/h5-9H,4,16H2,1-3H3. The Hall–Kier alpha value is -2.43. The largest absolute Gasteiger partial charge is 0.493 e. The van der Waals surface area contributed by atoms with Gasteiger partial charge >= 0.3 is 0 Å². The van der Waals surface area contributed by atoms with Crippen LogP contribution in [0.5, 0.6) is 11.5 Å². The van der Waals surface area contributed by atoms with Gasteiger partial charge in [-0.05, 0) is 37.3 Å². The number of pyridine rings is 1. The molecular formula is C15H18N2O3. The van der Waals surface area contributed by atoms with E-state index < -0.39 is 0 Å². The van der Waals surface area contributed by atoms with E-state index in [4.69, 9.17) is 15.2 Å². The van der Waals surface area contributed by atoms with Crippen LogP contribution < -0.4 is 20.8 Å². The summed E-state index contributed by atoms with van der Waals surface area (Å²) in [4.78, 5) is 12.1. The van der Waals surface area contributed by atoms with Gasteiger partial charge in [0.1, 0.15) is 0 Å². The van der Waals surface area contributed by atoms with E-state index in [1.807, 2.05) is 31.2 Å². The molecule has 1 heterocycles. The minimum absolute atomic E-state index is 0.181. The van der Waals surface area contributed by atoms with Crippen molar-refractivity contribution in [2.24, 2.45) is 0 Å². The zero-order valence-corrected chi connectivity index (χ0v) is 11.8. The van der Waals surface area contributed by atoms with Gasteiger partial charge in [-0.15, -0.1) is 0 Å². The Morgan fingerprint density at radius 3 is 2.40 bits per heavy atom. The molecule has 20 heavy (non-hydrogen) atoms. The molecule has 0 atom stereocenters. The molecule has 5 nitrogen and oxygen atoms in total. The fourth-order valence-corrected chi connectivity index (χ4v) is 2.16. The molecule has 1 aromatic carbocycles. The van der Waals surface area contributed by atoms with Crippen molar-refractivity contribution < 1.29 is 9.47 Å². The van der Waals surface area contributed by atoms with Crippen LogP contribution in [0.3, 0.4) is 0 Å². The van der Waals surface area contributed by atoms with Crippen LogP contribution in [0.15, 0.2) is 35.1 Å². The third-order valence-corrected chi connectivity index (χ3v) is 3.20. The topological polar surface area (TPSA) is 66.5 Å². The van der Waals surface area contributed by atoms with Crippen LogP contribution in [0.2, 0.25) is 0 Å². The molecule has 5 heteroatoms. The van der Waals surface area contributed by atoms with Crippen LogP contribution >= 0.6 is 0 Å². The van der Waals surface area contributed by atoms with Crippen LogP contribution in [0.25, 0.3) is 11.3 Å². The monoisotopic (exact) mass is 274 g/mol. The number of anilines is 1. The van der Waals surface area contributed by atoms with E-state index in [0.29, 0.717) is 18.0 Å². The Morgan fingerprint density at radius 1 is 1.10 bits per heavy atom. The highest BCUT2D eigenvalue weighted by Gasteiger charge is 2.11. The molecule has 0 saturated heterocycles. The summed E-state index contributed by atoms with van der Waals surface area (Å²) in [6.45, 7) is 2.46. The molecule has 106 valence electrons. The van der Waals surface area contributed by atoms with Crippen LogP contribution in [0.1, 0.15) is 6.92 Å². The number of rotatable bonds is 4. The molecule has 2 rings (SSSR count). The molecule has 2 N–H and O–H groups in total. The highest BCUT2D eigenvalue weighted by molar-refractivity contribution is 5.65. The molecule has 0 unspecified atom stereocenters. The van der Waals surface area contributed by atoms with Gasteiger partial charge in [-0.2, -0.15) is 0 Å². The minimum Gasteiger partial charge on any atom is -0.493 e. The maximum atomic E-state index is 12.1. The number of hydrogen-bond acceptors (Lipinski definition) is 4. The maximum absolute atomic E-state index is 12.1. The number of ether oxygens (including phenoxy) is 2. The minimum atomic E-state index is -0.181. The number of methoxy groups -OCH3 is 2. The van der Waals surface area contributed by atoms with Crippen molar-refractivity contribution in [2.75, 3.05) is 20.0 Å². The van der Waals surface area contributed by atoms with Gasteiger partial charge in [0, 0.05) is 12.1 Å². The number of hydrogen-bond donors (Lipinski definition) is 1. The molecule has 1 aromatic heterocycles. The number of aromatic nitrogens is 1. The summed E-state index contributed by atoms with van der Waals surface area (Å²) in [7, 11) is 3.17. The quantitative estimate of drug-likeness (QED) is 0.927. The molecule has 0 spiro atoms. The van der Waals surface area contributed by atoms with Gasteiger partial charge in [0.25, 0.3) is 5.56 Å². The lowest BCUT2D eigenvalue weighted by atomic mass is 10.1. The number of nitrogens with two attached hydrogens (primary N) is 1. The lowest BCUT2D eigenvalue weighted by Gasteiger charge is -2.14. The number of nitrogens with zero attached hydrogens (tertiary/aromatic N) is 1. The van der Waals surface area contributed by atoms with Gasteiger partial charge in [0.2, 0.25) is 0 Å². The third kappa shape index (κ3) is 2.34. The zero-order chi connectivity index (χ0) is 14.7. The first-order chi connectivity index (χ1) is 9.62. The first-order valence-electron chi connectivity index (χ1n) is 6.34. The van der Waals surface area contributed by atoms with Gasteiger partial charge in [-0.1, -0.05) is 0 Å². The second kappa shape index (κ2) is 5.69. The van der Waals surface area contributed by atoms with Crippen molar-refractivity contribution in [3.63, 3.8) is 0 Å². The molecule has 0 aliphatic carbocycles. The maximum Gasteiger partial charge on any atom is 0.274 e.